The Kier molecular flexibility index (Phi) is 4.03. The standard InChI is InChI=1S/C8H13NO2/c1-5-6-9(3)7(2)8(10)11-4/h5H,1-2,6H2,3-4H3. The monoisotopic (exact) mass is 155 g/mol. The van der Waals surface area contributed by atoms with Gasteiger partial charge >= 0.3 is 5.97 Å². The Morgan fingerprint density at radius 3 is 2.64 bits per heavy atom. The van der Waals surface area contributed by atoms with Crippen LogP contribution in [0.4, 0.5) is 0 Å². The zero-order valence-corrected chi connectivity index (χ0v) is 6.96. The first kappa shape index (κ1) is 9.75. The summed E-state index contributed by atoms with van der Waals surface area (Å²) in [6.45, 7) is 7.67. The van der Waals surface area contributed by atoms with Gasteiger partial charge in [0.1, 0.15) is 5.70 Å². The second-order valence-corrected chi connectivity index (χ2v) is 2.11. The van der Waals surface area contributed by atoms with E-state index in [1.54, 1.807) is 18.0 Å². The number of methoxy groups -OCH3 is 1. The molecular weight excluding hydrogens is 142 g/mol. The van der Waals surface area contributed by atoms with Crippen LogP contribution in [-0.2, 0) is 9.53 Å². The molecule has 62 valence electrons. The minimum absolute atomic E-state index is 0.340. The lowest BCUT2D eigenvalue weighted by molar-refractivity contribution is -0.137. The van der Waals surface area contributed by atoms with Gasteiger partial charge in [0.05, 0.1) is 7.11 Å². The first-order valence-electron chi connectivity index (χ1n) is 3.22. The predicted molar refractivity (Wildman–Crippen MR) is 44.0 cm³/mol. The van der Waals surface area contributed by atoms with Gasteiger partial charge in [0.25, 0.3) is 0 Å². The summed E-state index contributed by atoms with van der Waals surface area (Å²) in [5.74, 6) is -0.408. The molecule has 0 radical (unpaired) electrons. The van der Waals surface area contributed by atoms with Gasteiger partial charge in [0.15, 0.2) is 0 Å². The van der Waals surface area contributed by atoms with E-state index in [9.17, 15) is 4.79 Å². The molecule has 0 heterocycles. The van der Waals surface area contributed by atoms with Gasteiger partial charge in [-0.3, -0.25) is 0 Å². The first-order valence-corrected chi connectivity index (χ1v) is 3.22. The third-order valence-electron chi connectivity index (χ3n) is 1.28. The van der Waals surface area contributed by atoms with Gasteiger partial charge in [-0.25, -0.2) is 4.79 Å². The van der Waals surface area contributed by atoms with Crippen LogP contribution in [0.3, 0.4) is 0 Å². The van der Waals surface area contributed by atoms with E-state index in [2.05, 4.69) is 17.9 Å². The fourth-order valence-electron chi connectivity index (χ4n) is 0.577. The zero-order valence-electron chi connectivity index (χ0n) is 6.96. The van der Waals surface area contributed by atoms with Crippen molar-refractivity contribution < 1.29 is 9.53 Å². The van der Waals surface area contributed by atoms with E-state index >= 15 is 0 Å². The fourth-order valence-corrected chi connectivity index (χ4v) is 0.577. The molecule has 0 N–H and O–H groups in total. The van der Waals surface area contributed by atoms with Gasteiger partial charge in [-0.05, 0) is 0 Å². The summed E-state index contributed by atoms with van der Waals surface area (Å²) in [5.41, 5.74) is 0.340. The zero-order chi connectivity index (χ0) is 8.85. The van der Waals surface area contributed by atoms with Crippen LogP contribution >= 0.6 is 0 Å². The van der Waals surface area contributed by atoms with E-state index in [0.717, 1.165) is 0 Å². The van der Waals surface area contributed by atoms with Crippen molar-refractivity contribution >= 4 is 5.97 Å². The largest absolute Gasteiger partial charge is 0.464 e. The van der Waals surface area contributed by atoms with Crippen molar-refractivity contribution in [2.75, 3.05) is 20.7 Å². The van der Waals surface area contributed by atoms with Crippen LogP contribution in [-0.4, -0.2) is 31.6 Å². The van der Waals surface area contributed by atoms with Crippen LogP contribution in [0.1, 0.15) is 0 Å². The number of carbonyl (C=O) groups is 1. The summed E-state index contributed by atoms with van der Waals surface area (Å²) in [4.78, 5) is 12.5. The Bertz CT molecular complexity index is 175. The molecular formula is C8H13NO2. The summed E-state index contributed by atoms with van der Waals surface area (Å²) < 4.78 is 4.47. The molecule has 0 atom stereocenters. The van der Waals surface area contributed by atoms with Crippen LogP contribution in [0, 0.1) is 0 Å². The molecule has 0 aliphatic heterocycles. The van der Waals surface area contributed by atoms with Crippen molar-refractivity contribution in [2.24, 2.45) is 0 Å². The Labute approximate surface area is 66.9 Å². The number of carbonyl (C=O) groups excluding carboxylic acids is 1. The van der Waals surface area contributed by atoms with Crippen LogP contribution in [0.5, 0.6) is 0 Å². The molecule has 0 fully saturated rings. The third kappa shape index (κ3) is 2.89. The van der Waals surface area contributed by atoms with E-state index in [-0.39, 0.29) is 0 Å². The Balaban J connectivity index is 4.01. The second kappa shape index (κ2) is 4.55. The molecule has 11 heavy (non-hydrogen) atoms. The van der Waals surface area contributed by atoms with Gasteiger partial charge in [0.2, 0.25) is 0 Å². The molecule has 3 heteroatoms. The number of hydrogen-bond acceptors (Lipinski definition) is 3. The average molecular weight is 155 g/mol. The van der Waals surface area contributed by atoms with Crippen LogP contribution in [0.2, 0.25) is 0 Å². The van der Waals surface area contributed by atoms with Gasteiger partial charge in [-0.15, -0.1) is 6.58 Å². The SMILES string of the molecule is C=CCN(C)C(=C)C(=O)OC. The fraction of sp³-hybridized carbons (Fsp3) is 0.375. The smallest absolute Gasteiger partial charge is 0.353 e. The lowest BCUT2D eigenvalue weighted by Gasteiger charge is -2.16. The lowest BCUT2D eigenvalue weighted by atomic mass is 10.4. The number of ether oxygens (including phenoxy) is 1. The Morgan fingerprint density at radius 1 is 1.73 bits per heavy atom. The molecule has 0 aliphatic rings. The summed E-state index contributed by atoms with van der Waals surface area (Å²) in [6, 6.07) is 0. The second-order valence-electron chi connectivity index (χ2n) is 2.11. The minimum atomic E-state index is -0.408. The van der Waals surface area contributed by atoms with Gasteiger partial charge in [-0.2, -0.15) is 0 Å². The summed E-state index contributed by atoms with van der Waals surface area (Å²) in [7, 11) is 3.08. The molecule has 0 unspecified atom stereocenters. The highest BCUT2D eigenvalue weighted by Crippen LogP contribution is 1.99. The Morgan fingerprint density at radius 2 is 2.27 bits per heavy atom. The van der Waals surface area contributed by atoms with Crippen molar-refractivity contribution in [1.82, 2.24) is 4.90 Å². The van der Waals surface area contributed by atoms with Crippen LogP contribution in [0.15, 0.2) is 24.9 Å². The minimum Gasteiger partial charge on any atom is -0.464 e. The van der Waals surface area contributed by atoms with E-state index < -0.39 is 5.97 Å². The van der Waals surface area contributed by atoms with Crippen molar-refractivity contribution in [2.45, 2.75) is 0 Å². The number of esters is 1. The molecule has 0 aliphatic carbocycles. The predicted octanol–water partition coefficient (Wildman–Crippen LogP) is 0.791. The molecule has 0 bridgehead atoms. The van der Waals surface area contributed by atoms with Crippen molar-refractivity contribution in [3.63, 3.8) is 0 Å². The van der Waals surface area contributed by atoms with Crippen LogP contribution in [0.25, 0.3) is 0 Å². The maximum Gasteiger partial charge on any atom is 0.353 e. The van der Waals surface area contributed by atoms with Gasteiger partial charge in [0, 0.05) is 13.6 Å². The average Bonchev–Trinajstić information content (AvgIpc) is 2.02. The van der Waals surface area contributed by atoms with Crippen molar-refractivity contribution in [3.8, 4) is 0 Å². The third-order valence-corrected chi connectivity index (χ3v) is 1.28. The molecule has 0 saturated heterocycles. The highest BCUT2D eigenvalue weighted by Gasteiger charge is 2.09. The molecule has 0 amide bonds. The van der Waals surface area contributed by atoms with E-state index in [1.807, 2.05) is 0 Å². The quantitative estimate of drug-likeness (QED) is 0.341. The molecule has 0 aromatic heterocycles. The number of likely N-dealkylation sites (N-methyl/N-ethyl adjacent to an activating group) is 1. The van der Waals surface area contributed by atoms with Crippen LogP contribution < -0.4 is 0 Å². The first-order chi connectivity index (χ1) is 5.13. The molecule has 0 aromatic carbocycles. The van der Waals surface area contributed by atoms with E-state index in [0.29, 0.717) is 12.2 Å². The molecule has 3 nitrogen and oxygen atoms in total. The van der Waals surface area contributed by atoms with Crippen molar-refractivity contribution in [3.05, 3.63) is 24.9 Å². The maximum atomic E-state index is 10.8. The van der Waals surface area contributed by atoms with E-state index in [4.69, 9.17) is 0 Å². The maximum absolute atomic E-state index is 10.8. The highest BCUT2D eigenvalue weighted by atomic mass is 16.5. The topological polar surface area (TPSA) is 29.5 Å². The number of hydrogen-bond donors (Lipinski definition) is 0. The number of rotatable bonds is 4. The lowest BCUT2D eigenvalue weighted by Crippen LogP contribution is -2.23. The normalized spacial score (nSPS) is 8.55. The molecule has 0 rings (SSSR count). The Hall–Kier alpha value is -1.25. The number of nitrogens with zero attached hydrogens (tertiary/aromatic N) is 1. The molecule has 0 saturated carbocycles. The highest BCUT2D eigenvalue weighted by molar-refractivity contribution is 5.86. The summed E-state index contributed by atoms with van der Waals surface area (Å²) in [6.07, 6.45) is 1.69. The van der Waals surface area contributed by atoms with Gasteiger partial charge in [-0.1, -0.05) is 12.7 Å². The molecule has 0 spiro atoms. The van der Waals surface area contributed by atoms with Crippen molar-refractivity contribution in [1.29, 1.82) is 0 Å². The van der Waals surface area contributed by atoms with Gasteiger partial charge < -0.3 is 9.64 Å². The molecule has 0 aromatic rings. The van der Waals surface area contributed by atoms with E-state index in [1.165, 1.54) is 7.11 Å². The summed E-state index contributed by atoms with van der Waals surface area (Å²) in [5, 5.41) is 0. The summed E-state index contributed by atoms with van der Waals surface area (Å²) >= 11 is 0.